The molecule has 0 aromatic heterocycles. The summed E-state index contributed by atoms with van der Waals surface area (Å²) in [6.45, 7) is 7.14. The Labute approximate surface area is 156 Å². The normalized spacial score (nSPS) is 38.2. The zero-order valence-electron chi connectivity index (χ0n) is 16.0. The molecule has 0 radical (unpaired) electrons. The molecule has 0 spiro atoms. The van der Waals surface area contributed by atoms with E-state index in [0.717, 1.165) is 30.4 Å². The zero-order chi connectivity index (χ0) is 18.9. The van der Waals surface area contributed by atoms with Gasteiger partial charge in [-0.15, -0.1) is 0 Å². The lowest BCUT2D eigenvalue weighted by molar-refractivity contribution is -0.150. The van der Waals surface area contributed by atoms with Crippen molar-refractivity contribution in [2.24, 2.45) is 28.6 Å². The minimum absolute atomic E-state index is 0.00926. The molecule has 5 unspecified atom stereocenters. The van der Waals surface area contributed by atoms with Gasteiger partial charge in [-0.3, -0.25) is 0 Å². The Balaban J connectivity index is 0.000000117. The summed E-state index contributed by atoms with van der Waals surface area (Å²) in [6, 6.07) is 0. The number of allylic oxidation sites excluding steroid dienone is 3. The lowest BCUT2D eigenvalue weighted by Gasteiger charge is -2.38. The Bertz CT molecular complexity index is 636. The van der Waals surface area contributed by atoms with Gasteiger partial charge in [0.2, 0.25) is 0 Å². The first-order valence-electron chi connectivity index (χ1n) is 9.68. The molecule has 5 atom stereocenters. The zero-order valence-corrected chi connectivity index (χ0v) is 16.0. The Morgan fingerprint density at radius 2 is 1.73 bits per heavy atom. The Morgan fingerprint density at radius 3 is 1.92 bits per heavy atom. The third-order valence-corrected chi connectivity index (χ3v) is 6.57. The summed E-state index contributed by atoms with van der Waals surface area (Å²) in [7, 11) is 0. The van der Waals surface area contributed by atoms with Gasteiger partial charge in [0.1, 0.15) is 0 Å². The molecular formula is C22H30O4. The van der Waals surface area contributed by atoms with E-state index < -0.39 is 11.9 Å². The van der Waals surface area contributed by atoms with Crippen LogP contribution >= 0.6 is 0 Å². The van der Waals surface area contributed by atoms with E-state index in [4.69, 9.17) is 5.11 Å². The van der Waals surface area contributed by atoms with Crippen molar-refractivity contribution >= 4 is 11.9 Å². The van der Waals surface area contributed by atoms with E-state index in [1.54, 1.807) is 0 Å². The molecule has 0 aromatic carbocycles. The number of fused-ring (bicyclic) bond motifs is 4. The summed E-state index contributed by atoms with van der Waals surface area (Å²) < 4.78 is 3.97. The third-order valence-electron chi connectivity index (χ3n) is 6.57. The fourth-order valence-corrected chi connectivity index (χ4v) is 4.74. The number of ether oxygens (including phenoxy) is 1. The van der Waals surface area contributed by atoms with Crippen LogP contribution in [0.4, 0.5) is 0 Å². The molecule has 1 N–H and O–H groups in total. The van der Waals surface area contributed by atoms with Crippen LogP contribution in [0.25, 0.3) is 0 Å². The molecule has 0 saturated heterocycles. The summed E-state index contributed by atoms with van der Waals surface area (Å²) in [5, 5.41) is 9.17. The fourth-order valence-electron chi connectivity index (χ4n) is 4.74. The predicted octanol–water partition coefficient (Wildman–Crippen LogP) is 3.96. The van der Waals surface area contributed by atoms with Crippen molar-refractivity contribution in [3.63, 3.8) is 0 Å². The maximum Gasteiger partial charge on any atom is 0.338 e. The number of carbonyl (C=O) groups excluding carboxylic acids is 2. The van der Waals surface area contributed by atoms with E-state index in [1.807, 2.05) is 0 Å². The van der Waals surface area contributed by atoms with Crippen molar-refractivity contribution in [2.45, 2.75) is 59.0 Å². The highest BCUT2D eigenvalue weighted by molar-refractivity contribution is 6.04. The SMILES string of the molecule is CC(C)(C)C12C=CC(CC1)C2.O=C1C=CC(=O)O1.OC1CC2C=CC1C2. The van der Waals surface area contributed by atoms with Crippen molar-refractivity contribution < 1.29 is 19.4 Å². The number of hydrogen-bond acceptors (Lipinski definition) is 4. The van der Waals surface area contributed by atoms with Crippen molar-refractivity contribution in [1.82, 2.24) is 0 Å². The third kappa shape index (κ3) is 4.01. The monoisotopic (exact) mass is 358 g/mol. The lowest BCUT2D eigenvalue weighted by Crippen LogP contribution is -2.29. The minimum atomic E-state index is -0.579. The van der Waals surface area contributed by atoms with Gasteiger partial charge in [0.05, 0.1) is 6.10 Å². The van der Waals surface area contributed by atoms with Gasteiger partial charge in [-0.05, 0) is 54.8 Å². The average Bonchev–Trinajstić information content (AvgIpc) is 3.34. The van der Waals surface area contributed by atoms with E-state index in [0.29, 0.717) is 16.7 Å². The first-order valence-corrected chi connectivity index (χ1v) is 9.68. The van der Waals surface area contributed by atoms with Gasteiger partial charge in [-0.25, -0.2) is 9.59 Å². The maximum absolute atomic E-state index is 9.92. The van der Waals surface area contributed by atoms with Crippen molar-refractivity contribution in [2.75, 3.05) is 0 Å². The molecule has 2 saturated carbocycles. The number of esters is 2. The van der Waals surface area contributed by atoms with Crippen LogP contribution < -0.4 is 0 Å². The van der Waals surface area contributed by atoms with E-state index in [1.165, 1.54) is 25.7 Å². The average molecular weight is 358 g/mol. The molecule has 26 heavy (non-hydrogen) atoms. The Kier molecular flexibility index (Phi) is 5.25. The van der Waals surface area contributed by atoms with E-state index in [9.17, 15) is 9.59 Å². The molecule has 0 amide bonds. The standard InChI is InChI=1S/C11H18.C7H10O.C4H2O3/c1-10(2,3)11-6-4-9(8-11)5-7-11;8-7-4-5-1-2-6(7)3-5;5-3-1-2-4(6)7-3/h4,6,9H,5,7-8H2,1-3H3;1-2,5-8H,3-4H2;1-2H. The van der Waals surface area contributed by atoms with Crippen molar-refractivity contribution in [3.05, 3.63) is 36.5 Å². The highest BCUT2D eigenvalue weighted by Gasteiger charge is 2.48. The summed E-state index contributed by atoms with van der Waals surface area (Å²) in [5.74, 6) is 0.999. The number of cyclic esters (lactones) is 2. The highest BCUT2D eigenvalue weighted by atomic mass is 16.6. The molecule has 5 rings (SSSR count). The molecular weight excluding hydrogens is 328 g/mol. The second-order valence-corrected chi connectivity index (χ2v) is 9.19. The van der Waals surface area contributed by atoms with Gasteiger partial charge in [0.15, 0.2) is 0 Å². The topological polar surface area (TPSA) is 63.6 Å². The van der Waals surface area contributed by atoms with E-state index in [2.05, 4.69) is 49.8 Å². The number of carbonyl (C=O) groups is 2. The molecule has 5 aliphatic rings. The Morgan fingerprint density at radius 1 is 1.04 bits per heavy atom. The number of aliphatic hydroxyl groups is 1. The fraction of sp³-hybridized carbons (Fsp3) is 0.636. The molecule has 1 heterocycles. The smallest absolute Gasteiger partial charge is 0.338 e. The first-order chi connectivity index (χ1) is 12.2. The van der Waals surface area contributed by atoms with Gasteiger partial charge in [-0.1, -0.05) is 45.1 Å². The van der Waals surface area contributed by atoms with E-state index >= 15 is 0 Å². The number of rotatable bonds is 0. The van der Waals surface area contributed by atoms with Crippen LogP contribution in [0, 0.1) is 28.6 Å². The highest BCUT2D eigenvalue weighted by Crippen LogP contribution is 2.58. The molecule has 0 aromatic rings. The predicted molar refractivity (Wildman–Crippen MR) is 100.0 cm³/mol. The van der Waals surface area contributed by atoms with Gasteiger partial charge in [-0.2, -0.15) is 0 Å². The van der Waals surface area contributed by atoms with Crippen LogP contribution in [0.1, 0.15) is 52.9 Å². The molecule has 2 fully saturated rings. The Hall–Kier alpha value is -1.68. The molecule has 142 valence electrons. The van der Waals surface area contributed by atoms with Crippen molar-refractivity contribution in [1.29, 1.82) is 0 Å². The quantitative estimate of drug-likeness (QED) is 0.404. The van der Waals surface area contributed by atoms with Gasteiger partial charge < -0.3 is 9.84 Å². The molecule has 4 aliphatic carbocycles. The van der Waals surface area contributed by atoms with Gasteiger partial charge in [0.25, 0.3) is 0 Å². The van der Waals surface area contributed by atoms with Crippen LogP contribution in [-0.4, -0.2) is 23.1 Å². The van der Waals surface area contributed by atoms with Gasteiger partial charge >= 0.3 is 11.9 Å². The molecule has 4 bridgehead atoms. The molecule has 4 heteroatoms. The molecule has 1 aliphatic heterocycles. The van der Waals surface area contributed by atoms with Crippen LogP contribution in [0.2, 0.25) is 0 Å². The van der Waals surface area contributed by atoms with E-state index in [-0.39, 0.29) is 6.10 Å². The molecule has 4 nitrogen and oxygen atoms in total. The van der Waals surface area contributed by atoms with Crippen LogP contribution in [0.15, 0.2) is 36.5 Å². The van der Waals surface area contributed by atoms with Crippen LogP contribution in [-0.2, 0) is 14.3 Å². The largest absolute Gasteiger partial charge is 0.392 e. The second-order valence-electron chi connectivity index (χ2n) is 9.19. The summed E-state index contributed by atoms with van der Waals surface area (Å²) in [6.07, 6.45) is 18.0. The number of aliphatic hydroxyl groups excluding tert-OH is 1. The van der Waals surface area contributed by atoms with Gasteiger partial charge in [0, 0.05) is 18.1 Å². The summed E-state index contributed by atoms with van der Waals surface area (Å²) in [4.78, 5) is 19.8. The van der Waals surface area contributed by atoms with Crippen LogP contribution in [0.5, 0.6) is 0 Å². The lowest BCUT2D eigenvalue weighted by atomic mass is 9.66. The first kappa shape index (κ1) is 19.1. The minimum Gasteiger partial charge on any atom is -0.392 e. The van der Waals surface area contributed by atoms with Crippen LogP contribution in [0.3, 0.4) is 0 Å². The number of hydrogen-bond donors (Lipinski definition) is 1. The second kappa shape index (κ2) is 7.15. The maximum atomic E-state index is 9.92. The van der Waals surface area contributed by atoms with Crippen molar-refractivity contribution in [3.8, 4) is 0 Å². The summed E-state index contributed by atoms with van der Waals surface area (Å²) in [5.41, 5.74) is 1.05. The summed E-state index contributed by atoms with van der Waals surface area (Å²) >= 11 is 0.